The number of nitrogens with one attached hydrogen (secondary N) is 2. The number of anilines is 1. The molecule has 126 valence electrons. The van der Waals surface area contributed by atoms with Crippen LogP contribution in [0.25, 0.3) is 0 Å². The first-order valence-corrected chi connectivity index (χ1v) is 7.83. The van der Waals surface area contributed by atoms with Crippen LogP contribution in [0.3, 0.4) is 0 Å². The molecule has 2 N–H and O–H groups in total. The van der Waals surface area contributed by atoms with E-state index in [-0.39, 0.29) is 18.4 Å². The molecule has 0 atom stereocenters. The van der Waals surface area contributed by atoms with Crippen LogP contribution in [0.2, 0.25) is 0 Å². The number of carbonyl (C=O) groups is 2. The summed E-state index contributed by atoms with van der Waals surface area (Å²) in [6.07, 6.45) is 0. The molecular weight excluding hydrogens is 304 g/mol. The summed E-state index contributed by atoms with van der Waals surface area (Å²) in [5, 5.41) is 5.45. The summed E-state index contributed by atoms with van der Waals surface area (Å²) in [4.78, 5) is 24.3. The molecular formula is C19H22N2O3. The molecule has 0 saturated carbocycles. The molecule has 0 spiro atoms. The van der Waals surface area contributed by atoms with Gasteiger partial charge in [-0.25, -0.2) is 0 Å². The fourth-order valence-electron chi connectivity index (χ4n) is 2.40. The number of carbonyl (C=O) groups excluding carboxylic acids is 2. The molecule has 2 aromatic carbocycles. The smallest absolute Gasteiger partial charge is 0.255 e. The Morgan fingerprint density at radius 3 is 2.42 bits per heavy atom. The van der Waals surface area contributed by atoms with E-state index >= 15 is 0 Å². The first kappa shape index (κ1) is 17.5. The number of methoxy groups -OCH3 is 1. The molecule has 0 aromatic heterocycles. The van der Waals surface area contributed by atoms with Gasteiger partial charge in [-0.15, -0.1) is 0 Å². The van der Waals surface area contributed by atoms with E-state index in [2.05, 4.69) is 24.5 Å². The van der Waals surface area contributed by atoms with Crippen LogP contribution in [0.5, 0.6) is 5.75 Å². The summed E-state index contributed by atoms with van der Waals surface area (Å²) in [6.45, 7) is 4.02. The molecule has 2 aromatic rings. The Morgan fingerprint density at radius 2 is 1.71 bits per heavy atom. The van der Waals surface area contributed by atoms with Crippen LogP contribution in [-0.4, -0.2) is 25.5 Å². The molecule has 5 heteroatoms. The largest absolute Gasteiger partial charge is 0.496 e. The van der Waals surface area contributed by atoms with Crippen molar-refractivity contribution in [3.8, 4) is 5.75 Å². The van der Waals surface area contributed by atoms with Gasteiger partial charge in [-0.1, -0.05) is 44.2 Å². The van der Waals surface area contributed by atoms with E-state index in [1.807, 2.05) is 24.3 Å². The molecule has 0 aliphatic carbocycles. The van der Waals surface area contributed by atoms with Crippen LogP contribution in [0.1, 0.15) is 35.7 Å². The van der Waals surface area contributed by atoms with Gasteiger partial charge >= 0.3 is 0 Å². The topological polar surface area (TPSA) is 67.4 Å². The molecule has 24 heavy (non-hydrogen) atoms. The third-order valence-electron chi connectivity index (χ3n) is 3.62. The predicted molar refractivity (Wildman–Crippen MR) is 94.5 cm³/mol. The van der Waals surface area contributed by atoms with Crippen molar-refractivity contribution in [2.75, 3.05) is 19.0 Å². The van der Waals surface area contributed by atoms with Gasteiger partial charge in [-0.2, -0.15) is 0 Å². The summed E-state index contributed by atoms with van der Waals surface area (Å²) in [7, 11) is 1.50. The van der Waals surface area contributed by atoms with E-state index in [1.165, 1.54) is 7.11 Å². The first-order valence-electron chi connectivity index (χ1n) is 7.83. The summed E-state index contributed by atoms with van der Waals surface area (Å²) >= 11 is 0. The Kier molecular flexibility index (Phi) is 5.95. The lowest BCUT2D eigenvalue weighted by molar-refractivity contribution is -0.115. The number of hydrogen-bond donors (Lipinski definition) is 2. The minimum atomic E-state index is -0.347. The fourth-order valence-corrected chi connectivity index (χ4v) is 2.40. The van der Waals surface area contributed by atoms with Gasteiger partial charge in [-0.05, 0) is 29.7 Å². The molecule has 2 amide bonds. The average molecular weight is 326 g/mol. The van der Waals surface area contributed by atoms with Crippen molar-refractivity contribution >= 4 is 17.5 Å². The Bertz CT molecular complexity index is 726. The highest BCUT2D eigenvalue weighted by Gasteiger charge is 2.13. The Balaban J connectivity index is 1.98. The van der Waals surface area contributed by atoms with Gasteiger partial charge in [0.05, 0.1) is 19.2 Å². The van der Waals surface area contributed by atoms with Gasteiger partial charge in [0, 0.05) is 5.69 Å². The third-order valence-corrected chi connectivity index (χ3v) is 3.62. The molecule has 0 bridgehead atoms. The molecule has 0 radical (unpaired) electrons. The molecule has 0 fully saturated rings. The van der Waals surface area contributed by atoms with Gasteiger partial charge in [0.1, 0.15) is 5.75 Å². The number of hydrogen-bond acceptors (Lipinski definition) is 3. The van der Waals surface area contributed by atoms with E-state index in [1.54, 1.807) is 24.3 Å². The fraction of sp³-hybridized carbons (Fsp3) is 0.263. The molecule has 0 aliphatic heterocycles. The standard InChI is InChI=1S/C19H22N2O3/c1-13(2)14-8-4-6-10-16(14)21-18(22)12-20-19(23)15-9-5-7-11-17(15)24-3/h4-11,13H,12H2,1-3H3,(H,20,23)(H,21,22). The van der Waals surface area contributed by atoms with Crippen LogP contribution in [-0.2, 0) is 4.79 Å². The Labute approximate surface area is 142 Å². The van der Waals surface area contributed by atoms with Gasteiger partial charge in [0.2, 0.25) is 5.91 Å². The van der Waals surface area contributed by atoms with E-state index in [0.29, 0.717) is 17.2 Å². The van der Waals surface area contributed by atoms with E-state index in [0.717, 1.165) is 11.3 Å². The second-order valence-corrected chi connectivity index (χ2v) is 5.67. The number of rotatable bonds is 6. The Morgan fingerprint density at radius 1 is 1.04 bits per heavy atom. The van der Waals surface area contributed by atoms with E-state index in [4.69, 9.17) is 4.74 Å². The first-order chi connectivity index (χ1) is 11.5. The van der Waals surface area contributed by atoms with Gasteiger partial charge < -0.3 is 15.4 Å². The Hall–Kier alpha value is -2.82. The predicted octanol–water partition coefficient (Wildman–Crippen LogP) is 3.19. The maximum atomic E-state index is 12.2. The number of benzene rings is 2. The van der Waals surface area contributed by atoms with Crippen molar-refractivity contribution in [3.05, 3.63) is 59.7 Å². The maximum absolute atomic E-state index is 12.2. The molecule has 0 unspecified atom stereocenters. The van der Waals surface area contributed by atoms with Crippen molar-refractivity contribution < 1.29 is 14.3 Å². The normalized spacial score (nSPS) is 10.3. The summed E-state index contributed by atoms with van der Waals surface area (Å²) in [5.74, 6) is 0.149. The quantitative estimate of drug-likeness (QED) is 0.857. The van der Waals surface area contributed by atoms with Crippen molar-refractivity contribution in [1.82, 2.24) is 5.32 Å². The summed E-state index contributed by atoms with van der Waals surface area (Å²) in [6, 6.07) is 14.5. The SMILES string of the molecule is COc1ccccc1C(=O)NCC(=O)Nc1ccccc1C(C)C. The van der Waals surface area contributed by atoms with Gasteiger partial charge in [0.25, 0.3) is 5.91 Å². The lowest BCUT2D eigenvalue weighted by Crippen LogP contribution is -2.33. The maximum Gasteiger partial charge on any atom is 0.255 e. The highest BCUT2D eigenvalue weighted by molar-refractivity contribution is 6.01. The zero-order chi connectivity index (χ0) is 17.5. The molecule has 5 nitrogen and oxygen atoms in total. The molecule has 0 saturated heterocycles. The number of ether oxygens (including phenoxy) is 1. The molecule has 0 heterocycles. The minimum absolute atomic E-state index is 0.108. The highest BCUT2D eigenvalue weighted by atomic mass is 16.5. The summed E-state index contributed by atoms with van der Waals surface area (Å²) in [5.41, 5.74) is 2.22. The third kappa shape index (κ3) is 4.35. The van der Waals surface area contributed by atoms with Crippen LogP contribution >= 0.6 is 0 Å². The zero-order valence-electron chi connectivity index (χ0n) is 14.1. The van der Waals surface area contributed by atoms with Gasteiger partial charge in [-0.3, -0.25) is 9.59 Å². The van der Waals surface area contributed by atoms with Gasteiger partial charge in [0.15, 0.2) is 0 Å². The average Bonchev–Trinajstić information content (AvgIpc) is 2.59. The highest BCUT2D eigenvalue weighted by Crippen LogP contribution is 2.23. The van der Waals surface area contributed by atoms with Crippen LogP contribution in [0.15, 0.2) is 48.5 Å². The van der Waals surface area contributed by atoms with Crippen molar-refractivity contribution in [2.45, 2.75) is 19.8 Å². The van der Waals surface area contributed by atoms with E-state index in [9.17, 15) is 9.59 Å². The minimum Gasteiger partial charge on any atom is -0.496 e. The number of para-hydroxylation sites is 2. The number of amides is 2. The molecule has 0 aliphatic rings. The molecule has 2 rings (SSSR count). The lowest BCUT2D eigenvalue weighted by Gasteiger charge is -2.14. The van der Waals surface area contributed by atoms with Crippen LogP contribution in [0.4, 0.5) is 5.69 Å². The second kappa shape index (κ2) is 8.15. The second-order valence-electron chi connectivity index (χ2n) is 5.67. The summed E-state index contributed by atoms with van der Waals surface area (Å²) < 4.78 is 5.15. The van der Waals surface area contributed by atoms with Crippen molar-refractivity contribution in [2.24, 2.45) is 0 Å². The lowest BCUT2D eigenvalue weighted by atomic mass is 10.0. The van der Waals surface area contributed by atoms with Crippen LogP contribution in [0, 0.1) is 0 Å². The zero-order valence-corrected chi connectivity index (χ0v) is 14.1. The van der Waals surface area contributed by atoms with Crippen LogP contribution < -0.4 is 15.4 Å². The van der Waals surface area contributed by atoms with Crippen molar-refractivity contribution in [1.29, 1.82) is 0 Å². The monoisotopic (exact) mass is 326 g/mol. The van der Waals surface area contributed by atoms with E-state index < -0.39 is 0 Å². The van der Waals surface area contributed by atoms with Crippen molar-refractivity contribution in [3.63, 3.8) is 0 Å².